The van der Waals surface area contributed by atoms with Crippen molar-refractivity contribution in [1.82, 2.24) is 0 Å². The highest BCUT2D eigenvalue weighted by Gasteiger charge is 2.29. The third-order valence-electron chi connectivity index (χ3n) is 3.11. The molecule has 0 saturated heterocycles. The van der Waals surface area contributed by atoms with Crippen LogP contribution < -0.4 is 0 Å². The van der Waals surface area contributed by atoms with E-state index in [0.29, 0.717) is 11.1 Å². The number of benzene rings is 2. The molecule has 3 heteroatoms. The average molecular weight is 253 g/mol. The Labute approximate surface area is 112 Å². The third kappa shape index (κ3) is 3.00. The van der Waals surface area contributed by atoms with Gasteiger partial charge in [-0.05, 0) is 11.1 Å². The highest BCUT2D eigenvalue weighted by atomic mass is 16.3. The number of rotatable bonds is 4. The van der Waals surface area contributed by atoms with Crippen molar-refractivity contribution >= 4 is 0 Å². The standard InChI is InChI=1S/C16H15NO2/c17-11-14(15(18)12-7-3-1-4-8-12)16(19)13-9-5-2-6-10-13/h1-10,14-16,18-19H. The molecule has 3 nitrogen and oxygen atoms in total. The molecular formula is C16H15NO2. The van der Waals surface area contributed by atoms with Gasteiger partial charge in [-0.3, -0.25) is 0 Å². The van der Waals surface area contributed by atoms with Crippen LogP contribution in [0.3, 0.4) is 0 Å². The topological polar surface area (TPSA) is 64.2 Å². The van der Waals surface area contributed by atoms with Crippen LogP contribution in [0.15, 0.2) is 60.7 Å². The van der Waals surface area contributed by atoms with Gasteiger partial charge >= 0.3 is 0 Å². The summed E-state index contributed by atoms with van der Waals surface area (Å²) in [6, 6.07) is 19.8. The zero-order chi connectivity index (χ0) is 13.7. The molecule has 0 aromatic heterocycles. The first-order valence-corrected chi connectivity index (χ1v) is 6.09. The maximum atomic E-state index is 10.2. The zero-order valence-corrected chi connectivity index (χ0v) is 10.3. The summed E-state index contributed by atoms with van der Waals surface area (Å²) >= 11 is 0. The van der Waals surface area contributed by atoms with Gasteiger partial charge in [0.2, 0.25) is 0 Å². The first kappa shape index (κ1) is 13.3. The monoisotopic (exact) mass is 253 g/mol. The minimum absolute atomic E-state index is 0.629. The Morgan fingerprint density at radius 1 is 0.737 bits per heavy atom. The predicted octanol–water partition coefficient (Wildman–Crippen LogP) is 2.59. The van der Waals surface area contributed by atoms with Crippen LogP contribution in [0.4, 0.5) is 0 Å². The Bertz CT molecular complexity index is 502. The second-order valence-corrected chi connectivity index (χ2v) is 4.37. The fourth-order valence-corrected chi connectivity index (χ4v) is 2.03. The molecule has 0 fully saturated rings. The van der Waals surface area contributed by atoms with E-state index in [1.165, 1.54) is 0 Å². The first-order valence-electron chi connectivity index (χ1n) is 6.09. The minimum Gasteiger partial charge on any atom is -0.387 e. The van der Waals surface area contributed by atoms with E-state index in [0.717, 1.165) is 0 Å². The lowest BCUT2D eigenvalue weighted by Crippen LogP contribution is -2.19. The second kappa shape index (κ2) is 6.14. The molecule has 0 amide bonds. The molecule has 0 bridgehead atoms. The lowest BCUT2D eigenvalue weighted by atomic mass is 9.88. The van der Waals surface area contributed by atoms with Crippen LogP contribution in [0.25, 0.3) is 0 Å². The van der Waals surface area contributed by atoms with Gasteiger partial charge in [0.15, 0.2) is 0 Å². The number of aliphatic hydroxyl groups is 2. The molecule has 0 saturated carbocycles. The summed E-state index contributed by atoms with van der Waals surface area (Å²) in [5.41, 5.74) is 1.26. The normalized spacial score (nSPS) is 15.2. The molecule has 0 aliphatic heterocycles. The first-order chi connectivity index (χ1) is 9.24. The molecule has 2 aromatic rings. The molecular weight excluding hydrogens is 238 g/mol. The molecule has 0 radical (unpaired) electrons. The molecule has 19 heavy (non-hydrogen) atoms. The predicted molar refractivity (Wildman–Crippen MR) is 71.9 cm³/mol. The van der Waals surface area contributed by atoms with Crippen LogP contribution in [0, 0.1) is 17.2 Å². The smallest absolute Gasteiger partial charge is 0.106 e. The van der Waals surface area contributed by atoms with Crippen LogP contribution in [-0.4, -0.2) is 10.2 Å². The van der Waals surface area contributed by atoms with Gasteiger partial charge in [-0.25, -0.2) is 0 Å². The summed E-state index contributed by atoms with van der Waals surface area (Å²) in [4.78, 5) is 0. The van der Waals surface area contributed by atoms with Crippen LogP contribution in [-0.2, 0) is 0 Å². The summed E-state index contributed by atoms with van der Waals surface area (Å²) in [5, 5.41) is 29.7. The van der Waals surface area contributed by atoms with E-state index in [2.05, 4.69) is 0 Å². The fourth-order valence-electron chi connectivity index (χ4n) is 2.03. The van der Waals surface area contributed by atoms with Crippen molar-refractivity contribution < 1.29 is 10.2 Å². The van der Waals surface area contributed by atoms with E-state index in [9.17, 15) is 15.5 Å². The van der Waals surface area contributed by atoms with Gasteiger partial charge in [0, 0.05) is 0 Å². The van der Waals surface area contributed by atoms with Crippen LogP contribution in [0.5, 0.6) is 0 Å². The van der Waals surface area contributed by atoms with Crippen molar-refractivity contribution in [3.63, 3.8) is 0 Å². The summed E-state index contributed by atoms with van der Waals surface area (Å²) in [6.45, 7) is 0. The Kier molecular flexibility index (Phi) is 4.30. The van der Waals surface area contributed by atoms with Gasteiger partial charge < -0.3 is 10.2 Å². The maximum Gasteiger partial charge on any atom is 0.106 e. The fraction of sp³-hybridized carbons (Fsp3) is 0.188. The largest absolute Gasteiger partial charge is 0.387 e. The van der Waals surface area contributed by atoms with E-state index in [-0.39, 0.29) is 0 Å². The van der Waals surface area contributed by atoms with Crippen molar-refractivity contribution in [2.75, 3.05) is 0 Å². The van der Waals surface area contributed by atoms with Crippen LogP contribution in [0.1, 0.15) is 23.3 Å². The Morgan fingerprint density at radius 3 is 1.42 bits per heavy atom. The second-order valence-electron chi connectivity index (χ2n) is 4.37. The highest BCUT2D eigenvalue weighted by Crippen LogP contribution is 2.32. The van der Waals surface area contributed by atoms with E-state index >= 15 is 0 Å². The molecule has 2 aromatic carbocycles. The summed E-state index contributed by atoms with van der Waals surface area (Å²) in [7, 11) is 0. The SMILES string of the molecule is N#CC(C(O)c1ccccc1)C(O)c1ccccc1. The summed E-state index contributed by atoms with van der Waals surface area (Å²) < 4.78 is 0. The van der Waals surface area contributed by atoms with Crippen molar-refractivity contribution in [3.05, 3.63) is 71.8 Å². The summed E-state index contributed by atoms with van der Waals surface area (Å²) in [5.74, 6) is -0.898. The highest BCUT2D eigenvalue weighted by molar-refractivity contribution is 5.24. The average Bonchev–Trinajstić information content (AvgIpc) is 2.49. The van der Waals surface area contributed by atoms with Crippen molar-refractivity contribution in [3.8, 4) is 6.07 Å². The molecule has 2 unspecified atom stereocenters. The number of nitrogens with zero attached hydrogens (tertiary/aromatic N) is 1. The van der Waals surface area contributed by atoms with Gasteiger partial charge in [0.25, 0.3) is 0 Å². The molecule has 0 aliphatic rings. The zero-order valence-electron chi connectivity index (χ0n) is 10.3. The van der Waals surface area contributed by atoms with Gasteiger partial charge in [0.05, 0.1) is 18.3 Å². The third-order valence-corrected chi connectivity index (χ3v) is 3.11. The Morgan fingerprint density at radius 2 is 1.11 bits per heavy atom. The molecule has 0 spiro atoms. The Hall–Kier alpha value is -2.15. The maximum absolute atomic E-state index is 10.2. The summed E-state index contributed by atoms with van der Waals surface area (Å²) in [6.07, 6.45) is -2.03. The van der Waals surface area contributed by atoms with Crippen molar-refractivity contribution in [2.24, 2.45) is 5.92 Å². The number of hydrogen-bond acceptors (Lipinski definition) is 3. The van der Waals surface area contributed by atoms with Crippen molar-refractivity contribution in [1.29, 1.82) is 5.26 Å². The molecule has 0 heterocycles. The van der Waals surface area contributed by atoms with Gasteiger partial charge in [0.1, 0.15) is 5.92 Å². The number of nitriles is 1. The molecule has 0 aliphatic carbocycles. The van der Waals surface area contributed by atoms with Gasteiger partial charge in [-0.1, -0.05) is 60.7 Å². The quantitative estimate of drug-likeness (QED) is 0.880. The molecule has 2 atom stereocenters. The van der Waals surface area contributed by atoms with E-state index in [1.54, 1.807) is 48.5 Å². The van der Waals surface area contributed by atoms with Gasteiger partial charge in [-0.15, -0.1) is 0 Å². The van der Waals surface area contributed by atoms with Crippen LogP contribution in [0.2, 0.25) is 0 Å². The lowest BCUT2D eigenvalue weighted by Gasteiger charge is -2.22. The van der Waals surface area contributed by atoms with E-state index < -0.39 is 18.1 Å². The number of hydrogen-bond donors (Lipinski definition) is 2. The van der Waals surface area contributed by atoms with E-state index in [1.807, 2.05) is 18.2 Å². The van der Waals surface area contributed by atoms with Crippen molar-refractivity contribution in [2.45, 2.75) is 12.2 Å². The van der Waals surface area contributed by atoms with Crippen LogP contribution >= 0.6 is 0 Å². The Balaban J connectivity index is 2.24. The molecule has 96 valence electrons. The molecule has 2 rings (SSSR count). The number of aliphatic hydroxyl groups excluding tert-OH is 2. The molecule has 2 N–H and O–H groups in total. The van der Waals surface area contributed by atoms with E-state index in [4.69, 9.17) is 0 Å². The minimum atomic E-state index is -1.01. The lowest BCUT2D eigenvalue weighted by molar-refractivity contribution is 0.0390. The van der Waals surface area contributed by atoms with Gasteiger partial charge in [-0.2, -0.15) is 5.26 Å².